The smallest absolute Gasteiger partial charge is 0.188 e. The summed E-state index contributed by atoms with van der Waals surface area (Å²) in [5.41, 5.74) is 6.80. The van der Waals surface area contributed by atoms with Gasteiger partial charge in [0.25, 0.3) is 0 Å². The summed E-state index contributed by atoms with van der Waals surface area (Å²) in [7, 11) is 0. The van der Waals surface area contributed by atoms with Gasteiger partial charge in [-0.3, -0.25) is 4.90 Å². The average molecular weight is 419 g/mol. The summed E-state index contributed by atoms with van der Waals surface area (Å²) in [5.74, 6) is 0.857. The van der Waals surface area contributed by atoms with Gasteiger partial charge < -0.3 is 9.72 Å². The number of hydrogen-bond acceptors (Lipinski definition) is 6. The molecule has 1 saturated heterocycles. The minimum atomic E-state index is 0.319. The summed E-state index contributed by atoms with van der Waals surface area (Å²) in [6, 6.07) is 10.8. The van der Waals surface area contributed by atoms with Crippen LogP contribution in [-0.4, -0.2) is 30.8 Å². The molecule has 4 aromatic heterocycles. The first-order chi connectivity index (χ1) is 14.6. The number of thiazole rings is 1. The third kappa shape index (κ3) is 3.59. The maximum absolute atomic E-state index is 4.93. The minimum absolute atomic E-state index is 0.319. The Morgan fingerprint density at radius 3 is 2.83 bits per heavy atom. The Morgan fingerprint density at radius 1 is 1.10 bits per heavy atom. The van der Waals surface area contributed by atoms with Crippen LogP contribution < -0.4 is 5.32 Å². The molecule has 4 aromatic rings. The van der Waals surface area contributed by atoms with E-state index in [1.807, 2.05) is 18.4 Å². The molecule has 0 amide bonds. The zero-order valence-corrected chi connectivity index (χ0v) is 18.4. The molecule has 5 heterocycles. The van der Waals surface area contributed by atoms with Crippen molar-refractivity contribution in [1.29, 1.82) is 0 Å². The first kappa shape index (κ1) is 19.2. The molecule has 0 aliphatic carbocycles. The van der Waals surface area contributed by atoms with Crippen molar-refractivity contribution in [3.8, 4) is 0 Å². The van der Waals surface area contributed by atoms with E-state index in [1.54, 1.807) is 11.3 Å². The third-order valence-electron chi connectivity index (χ3n) is 5.83. The summed E-state index contributed by atoms with van der Waals surface area (Å²) in [6.45, 7) is 8.20. The highest BCUT2D eigenvalue weighted by Gasteiger charge is 2.28. The molecule has 0 saturated carbocycles. The van der Waals surface area contributed by atoms with Gasteiger partial charge in [0.2, 0.25) is 0 Å². The number of hydrogen-bond donors (Lipinski definition) is 1. The van der Waals surface area contributed by atoms with Crippen molar-refractivity contribution in [2.45, 2.75) is 46.2 Å². The number of aromatic nitrogens is 4. The van der Waals surface area contributed by atoms with Gasteiger partial charge in [-0.15, -0.1) is 11.3 Å². The van der Waals surface area contributed by atoms with E-state index in [0.29, 0.717) is 6.04 Å². The molecule has 154 valence electrons. The standard InChI is InChI=1S/C23H26N6S/c1-15-7-5-12-29-20(17(3)25-22(15)29)13-28-11-6-9-19(28)18-8-4-10-21(26-18)27-23-24-16(2)14-30-23/h4-5,7-8,10,12,14,19H,6,9,11,13H2,1-3H3,(H,24,26,27)/t19-/m0/s1. The van der Waals surface area contributed by atoms with Crippen molar-refractivity contribution in [2.24, 2.45) is 0 Å². The van der Waals surface area contributed by atoms with Crippen LogP contribution in [0.4, 0.5) is 10.9 Å². The van der Waals surface area contributed by atoms with Crippen LogP contribution in [0.25, 0.3) is 5.65 Å². The lowest BCUT2D eigenvalue weighted by atomic mass is 10.1. The molecular weight excluding hydrogens is 392 g/mol. The molecule has 1 aliphatic heterocycles. The summed E-state index contributed by atoms with van der Waals surface area (Å²) < 4.78 is 2.25. The fourth-order valence-corrected chi connectivity index (χ4v) is 5.02. The Labute approximate surface area is 180 Å². The Hall–Kier alpha value is -2.77. The number of nitrogens with one attached hydrogen (secondary N) is 1. The largest absolute Gasteiger partial charge is 0.316 e. The van der Waals surface area contributed by atoms with E-state index in [-0.39, 0.29) is 0 Å². The van der Waals surface area contributed by atoms with E-state index in [4.69, 9.17) is 9.97 Å². The second-order valence-corrected chi connectivity index (χ2v) is 8.88. The highest BCUT2D eigenvalue weighted by Crippen LogP contribution is 2.33. The molecule has 5 rings (SSSR count). The van der Waals surface area contributed by atoms with Crippen molar-refractivity contribution in [1.82, 2.24) is 24.3 Å². The van der Waals surface area contributed by atoms with E-state index >= 15 is 0 Å². The van der Waals surface area contributed by atoms with Crippen molar-refractivity contribution in [3.05, 3.63) is 70.2 Å². The SMILES string of the molecule is Cc1csc(Nc2cccc([C@@H]3CCCN3Cc3c(C)nc4c(C)cccn34)n2)n1. The van der Waals surface area contributed by atoms with E-state index in [0.717, 1.165) is 53.2 Å². The third-order valence-corrected chi connectivity index (χ3v) is 6.70. The van der Waals surface area contributed by atoms with E-state index < -0.39 is 0 Å². The fourth-order valence-electron chi connectivity index (χ4n) is 4.33. The molecule has 6 nitrogen and oxygen atoms in total. The summed E-state index contributed by atoms with van der Waals surface area (Å²) in [5, 5.41) is 6.28. The number of anilines is 2. The zero-order chi connectivity index (χ0) is 20.7. The summed E-state index contributed by atoms with van der Waals surface area (Å²) >= 11 is 1.61. The molecule has 1 aliphatic rings. The monoisotopic (exact) mass is 418 g/mol. The highest BCUT2D eigenvalue weighted by molar-refractivity contribution is 7.13. The Morgan fingerprint density at radius 2 is 2.00 bits per heavy atom. The molecule has 1 N–H and O–H groups in total. The number of aryl methyl sites for hydroxylation is 3. The Balaban J connectivity index is 1.40. The van der Waals surface area contributed by atoms with Crippen molar-refractivity contribution in [3.63, 3.8) is 0 Å². The van der Waals surface area contributed by atoms with Gasteiger partial charge in [-0.2, -0.15) is 0 Å². The number of nitrogens with zero attached hydrogens (tertiary/aromatic N) is 5. The molecule has 1 fully saturated rings. The maximum atomic E-state index is 4.93. The molecule has 7 heteroatoms. The number of likely N-dealkylation sites (tertiary alicyclic amines) is 1. The van der Waals surface area contributed by atoms with Crippen LogP contribution in [0.1, 0.15) is 47.2 Å². The quantitative estimate of drug-likeness (QED) is 0.483. The van der Waals surface area contributed by atoms with Gasteiger partial charge in [0, 0.05) is 18.1 Å². The molecule has 0 bridgehead atoms. The minimum Gasteiger partial charge on any atom is -0.316 e. The molecule has 30 heavy (non-hydrogen) atoms. The van der Waals surface area contributed by atoms with Crippen LogP contribution in [0.5, 0.6) is 0 Å². The van der Waals surface area contributed by atoms with Gasteiger partial charge in [-0.25, -0.2) is 15.0 Å². The summed E-state index contributed by atoms with van der Waals surface area (Å²) in [4.78, 5) is 16.8. The molecule has 0 spiro atoms. The van der Waals surface area contributed by atoms with Crippen molar-refractivity contribution < 1.29 is 0 Å². The second-order valence-electron chi connectivity index (χ2n) is 8.02. The van der Waals surface area contributed by atoms with Gasteiger partial charge in [-0.05, 0) is 63.9 Å². The average Bonchev–Trinajstić information content (AvgIpc) is 3.44. The van der Waals surface area contributed by atoms with E-state index in [9.17, 15) is 0 Å². The number of fused-ring (bicyclic) bond motifs is 1. The van der Waals surface area contributed by atoms with E-state index in [1.165, 1.54) is 17.7 Å². The van der Waals surface area contributed by atoms with Gasteiger partial charge in [0.05, 0.1) is 28.8 Å². The lowest BCUT2D eigenvalue weighted by Gasteiger charge is -2.24. The predicted molar refractivity (Wildman–Crippen MR) is 121 cm³/mol. The van der Waals surface area contributed by atoms with E-state index in [2.05, 4.69) is 63.9 Å². The van der Waals surface area contributed by atoms with Crippen molar-refractivity contribution >= 4 is 27.9 Å². The highest BCUT2D eigenvalue weighted by atomic mass is 32.1. The number of pyridine rings is 2. The number of imidazole rings is 1. The van der Waals surface area contributed by atoms with Crippen LogP contribution in [0.3, 0.4) is 0 Å². The van der Waals surface area contributed by atoms with Crippen LogP contribution in [0.2, 0.25) is 0 Å². The van der Waals surface area contributed by atoms with Gasteiger partial charge in [-0.1, -0.05) is 12.1 Å². The van der Waals surface area contributed by atoms with Crippen LogP contribution in [0.15, 0.2) is 41.9 Å². The van der Waals surface area contributed by atoms with Gasteiger partial charge >= 0.3 is 0 Å². The molecule has 0 aromatic carbocycles. The lowest BCUT2D eigenvalue weighted by Crippen LogP contribution is -2.24. The Bertz CT molecular complexity index is 1190. The van der Waals surface area contributed by atoms with Crippen LogP contribution >= 0.6 is 11.3 Å². The molecule has 1 atom stereocenters. The topological polar surface area (TPSA) is 58.4 Å². The van der Waals surface area contributed by atoms with Crippen LogP contribution in [-0.2, 0) is 6.54 Å². The van der Waals surface area contributed by atoms with Gasteiger partial charge in [0.15, 0.2) is 5.13 Å². The molecule has 0 unspecified atom stereocenters. The van der Waals surface area contributed by atoms with Crippen LogP contribution in [0, 0.1) is 20.8 Å². The normalized spacial score (nSPS) is 17.1. The first-order valence-corrected chi connectivity index (χ1v) is 11.3. The Kier molecular flexibility index (Phi) is 5.00. The zero-order valence-electron chi connectivity index (χ0n) is 17.6. The predicted octanol–water partition coefficient (Wildman–Crippen LogP) is 5.19. The summed E-state index contributed by atoms with van der Waals surface area (Å²) in [6.07, 6.45) is 4.44. The lowest BCUT2D eigenvalue weighted by molar-refractivity contribution is 0.240. The van der Waals surface area contributed by atoms with Gasteiger partial charge in [0.1, 0.15) is 11.5 Å². The molecular formula is C23H26N6S. The fraction of sp³-hybridized carbons (Fsp3) is 0.348. The maximum Gasteiger partial charge on any atom is 0.188 e. The first-order valence-electron chi connectivity index (χ1n) is 10.4. The van der Waals surface area contributed by atoms with Crippen molar-refractivity contribution in [2.75, 3.05) is 11.9 Å². The number of rotatable bonds is 5. The second kappa shape index (κ2) is 7.81. The molecule has 0 radical (unpaired) electrons.